The fourth-order valence-corrected chi connectivity index (χ4v) is 14.0. The Morgan fingerprint density at radius 3 is 1.60 bits per heavy atom. The van der Waals surface area contributed by atoms with Gasteiger partial charge < -0.3 is 43.4 Å². The van der Waals surface area contributed by atoms with Crippen LogP contribution in [0.4, 0.5) is 23.0 Å². The number of rotatable bonds is 17. The molecule has 496 valence electrons. The van der Waals surface area contributed by atoms with Gasteiger partial charge in [-0.1, -0.05) is 67.2 Å². The lowest BCUT2D eigenvalue weighted by Gasteiger charge is -2.42. The summed E-state index contributed by atoms with van der Waals surface area (Å²) in [4.78, 5) is 48.9. The van der Waals surface area contributed by atoms with Crippen molar-refractivity contribution in [2.75, 3.05) is 118 Å². The Labute approximate surface area is 573 Å². The van der Waals surface area contributed by atoms with Crippen LogP contribution < -0.4 is 29.1 Å². The number of hydrogen-bond acceptors (Lipinski definition) is 17. The minimum absolute atomic E-state index is 0. The number of benzene rings is 4. The van der Waals surface area contributed by atoms with Crippen molar-refractivity contribution in [3.63, 3.8) is 0 Å². The molecule has 22 heteroatoms. The highest BCUT2D eigenvalue weighted by Crippen LogP contribution is 2.38. The zero-order chi connectivity index (χ0) is 61.3. The standard InChI is InChI=1S/C36H45N7O3.C34H44N6O2.4H2S/c1-5-34(44)43-17-16-42(22-29(43)11-13-37)35-31-12-15-41(33-20-25(2)19-28-9-6-7-10-30(28)33)23-32(31)38-36(39-35)45-18-8-14-40-21-27(4)46-24-26(40)3;1-24-18-28-9-4-5-10-29(28)32(19-24)39-16-12-30-31(22-39)36-34(37-33(30)40-14-6-8-27(21-40)11-13-35)41-17-7-15-38-20-26(3)42-23-25(38)2;;;;/h5-7,9-10,19-20,26-27,29H,1,8,11-12,14-18,21-24H2,2-4H3;4-5,9-10,18-19,25-27H,6-8,11-12,14-17,20-23H2,1-3H3;4*1H2/t26-,27-,29?;25-,26-,27?;;;;/m00..../s1. The van der Waals surface area contributed by atoms with E-state index in [1.165, 1.54) is 55.7 Å². The van der Waals surface area contributed by atoms with Crippen LogP contribution in [0.5, 0.6) is 12.0 Å². The molecule has 4 saturated heterocycles. The van der Waals surface area contributed by atoms with Gasteiger partial charge >= 0.3 is 12.0 Å². The second kappa shape index (κ2) is 34.3. The highest BCUT2D eigenvalue weighted by atomic mass is 32.1. The third kappa shape index (κ3) is 17.6. The van der Waals surface area contributed by atoms with Crippen molar-refractivity contribution in [1.82, 2.24) is 34.6 Å². The summed E-state index contributed by atoms with van der Waals surface area (Å²) in [6.07, 6.45) is 8.34. The summed E-state index contributed by atoms with van der Waals surface area (Å²) in [5.41, 5.74) is 9.36. The molecule has 12 rings (SSSR count). The molecule has 0 radical (unpaired) electrons. The van der Waals surface area contributed by atoms with Gasteiger partial charge in [-0.15, -0.1) is 0 Å². The summed E-state index contributed by atoms with van der Waals surface area (Å²) < 4.78 is 24.2. The van der Waals surface area contributed by atoms with E-state index in [-0.39, 0.29) is 84.6 Å². The van der Waals surface area contributed by atoms with Gasteiger partial charge in [0.1, 0.15) is 11.6 Å². The molecular weight excluding hydrogens is 1230 g/mol. The van der Waals surface area contributed by atoms with Gasteiger partial charge in [0.25, 0.3) is 0 Å². The van der Waals surface area contributed by atoms with E-state index in [1.54, 1.807) is 4.90 Å². The summed E-state index contributed by atoms with van der Waals surface area (Å²) in [7, 11) is 0. The van der Waals surface area contributed by atoms with Crippen molar-refractivity contribution < 1.29 is 23.7 Å². The first-order valence-corrected chi connectivity index (χ1v) is 32.2. The summed E-state index contributed by atoms with van der Waals surface area (Å²) >= 11 is 0. The van der Waals surface area contributed by atoms with Crippen molar-refractivity contribution in [3.8, 4) is 24.2 Å². The van der Waals surface area contributed by atoms with Gasteiger partial charge in [-0.3, -0.25) is 14.6 Å². The van der Waals surface area contributed by atoms with Crippen LogP contribution in [-0.2, 0) is 40.2 Å². The number of hydrogen-bond donors (Lipinski definition) is 0. The predicted molar refractivity (Wildman–Crippen MR) is 389 cm³/mol. The summed E-state index contributed by atoms with van der Waals surface area (Å²) in [6, 6.07) is 32.3. The first-order chi connectivity index (χ1) is 42.8. The van der Waals surface area contributed by atoms with E-state index in [1.807, 2.05) is 0 Å². The van der Waals surface area contributed by atoms with Crippen LogP contribution in [-0.4, -0.2) is 169 Å². The van der Waals surface area contributed by atoms with Crippen LogP contribution >= 0.6 is 54.0 Å². The quantitative estimate of drug-likeness (QED) is 0.0622. The first kappa shape index (κ1) is 73.2. The van der Waals surface area contributed by atoms with E-state index in [0.717, 1.165) is 139 Å². The molecule has 0 aliphatic carbocycles. The number of carbonyl (C=O) groups excluding carboxylic acids is 1. The van der Waals surface area contributed by atoms with Gasteiger partial charge in [-0.2, -0.15) is 84.4 Å². The molecule has 18 nitrogen and oxygen atoms in total. The van der Waals surface area contributed by atoms with Crippen molar-refractivity contribution >= 4 is 104 Å². The lowest BCUT2D eigenvalue weighted by atomic mass is 9.94. The SMILES string of the molecule is C=CC(=O)N1CCN(c2nc(OCCCN3C[C@H](C)OC[C@@H]3C)nc3c2CCN(c2cc(C)cc4ccccc24)C3)CC1CC#N.Cc1cc(N2CCc3c(nc(OCCCN4C[C@H](C)OC[C@@H]4C)nc3N3CCCC(CC#N)C3)C2)c2ccccc2c1.S.S.S.S. The lowest BCUT2D eigenvalue weighted by Crippen LogP contribution is -2.55. The number of carbonyl (C=O) groups is 1. The van der Waals surface area contributed by atoms with Crippen molar-refractivity contribution in [2.24, 2.45) is 5.92 Å². The van der Waals surface area contributed by atoms with E-state index in [4.69, 9.17) is 38.9 Å². The maximum atomic E-state index is 12.6. The minimum atomic E-state index is -0.240. The van der Waals surface area contributed by atoms with E-state index >= 15 is 0 Å². The Morgan fingerprint density at radius 2 is 1.11 bits per heavy atom. The molecule has 6 atom stereocenters. The van der Waals surface area contributed by atoms with E-state index in [9.17, 15) is 15.3 Å². The summed E-state index contributed by atoms with van der Waals surface area (Å²) in [5.74, 6) is 2.12. The molecule has 0 saturated carbocycles. The summed E-state index contributed by atoms with van der Waals surface area (Å²) in [5, 5.41) is 23.9. The number of ether oxygens (including phenoxy) is 4. The molecular formula is C70H97N13O5S4. The molecule has 6 aliphatic heterocycles. The molecule has 0 bridgehead atoms. The van der Waals surface area contributed by atoms with Crippen LogP contribution in [0, 0.1) is 42.4 Å². The van der Waals surface area contributed by atoms with Gasteiger partial charge in [0.05, 0.1) is 87.7 Å². The smallest absolute Gasteiger partial charge is 0.318 e. The third-order valence-electron chi connectivity index (χ3n) is 18.6. The fourth-order valence-electron chi connectivity index (χ4n) is 14.0. The highest BCUT2D eigenvalue weighted by molar-refractivity contribution is 7.59. The molecule has 4 aromatic carbocycles. The predicted octanol–water partition coefficient (Wildman–Crippen LogP) is 10.5. The molecule has 0 spiro atoms. The average molecular weight is 1330 g/mol. The Balaban J connectivity index is 0.000000251. The van der Waals surface area contributed by atoms with Crippen molar-refractivity contribution in [2.45, 2.75) is 136 Å². The van der Waals surface area contributed by atoms with Crippen LogP contribution in [0.3, 0.4) is 0 Å². The number of fused-ring (bicyclic) bond motifs is 4. The Kier molecular flexibility index (Phi) is 27.3. The van der Waals surface area contributed by atoms with Gasteiger partial charge in [-0.05, 0) is 126 Å². The third-order valence-corrected chi connectivity index (χ3v) is 18.6. The van der Waals surface area contributed by atoms with Crippen LogP contribution in [0.15, 0.2) is 85.5 Å². The van der Waals surface area contributed by atoms with E-state index < -0.39 is 0 Å². The number of morpholine rings is 2. The lowest BCUT2D eigenvalue weighted by molar-refractivity contribution is -0.128. The average Bonchev–Trinajstić information content (AvgIpc) is 0.790. The number of aromatic nitrogens is 4. The molecule has 2 unspecified atom stereocenters. The summed E-state index contributed by atoms with van der Waals surface area (Å²) in [6.45, 7) is 29.7. The number of amides is 1. The Hall–Kier alpha value is -6.21. The normalized spacial score (nSPS) is 21.5. The molecule has 6 aliphatic rings. The first-order valence-electron chi connectivity index (χ1n) is 32.2. The number of anilines is 4. The highest BCUT2D eigenvalue weighted by Gasteiger charge is 2.35. The number of piperazine rings is 1. The molecule has 92 heavy (non-hydrogen) atoms. The van der Waals surface area contributed by atoms with E-state index in [2.05, 4.69) is 162 Å². The number of nitrogens with zero attached hydrogens (tertiary/aromatic N) is 13. The largest absolute Gasteiger partial charge is 0.463 e. The van der Waals surface area contributed by atoms with E-state index in [0.29, 0.717) is 75.8 Å². The van der Waals surface area contributed by atoms with Crippen molar-refractivity contribution in [1.29, 1.82) is 10.5 Å². The fraction of sp³-hybridized carbons (Fsp3) is 0.529. The zero-order valence-corrected chi connectivity index (χ0v) is 58.7. The second-order valence-corrected chi connectivity index (χ2v) is 25.3. The maximum Gasteiger partial charge on any atom is 0.318 e. The molecule has 6 aromatic rings. The molecule has 0 N–H and O–H groups in total. The molecule has 4 fully saturated rings. The maximum absolute atomic E-state index is 12.6. The second-order valence-electron chi connectivity index (χ2n) is 25.3. The van der Waals surface area contributed by atoms with Crippen LogP contribution in [0.25, 0.3) is 21.5 Å². The number of aryl methyl sites for hydroxylation is 2. The van der Waals surface area contributed by atoms with Crippen molar-refractivity contribution in [3.05, 3.63) is 119 Å². The number of nitriles is 2. The van der Waals surface area contributed by atoms with Gasteiger partial charge in [-0.25, -0.2) is 0 Å². The topological polar surface area (TPSA) is 176 Å². The monoisotopic (exact) mass is 1330 g/mol. The Bertz CT molecular complexity index is 3540. The van der Waals surface area contributed by atoms with Gasteiger partial charge in [0.15, 0.2) is 0 Å². The van der Waals surface area contributed by atoms with Gasteiger partial charge in [0, 0.05) is 124 Å². The Morgan fingerprint density at radius 1 is 0.620 bits per heavy atom. The van der Waals surface area contributed by atoms with Gasteiger partial charge in [0.2, 0.25) is 5.91 Å². The van der Waals surface area contributed by atoms with Crippen LogP contribution in [0.1, 0.15) is 99.9 Å². The molecule has 1 amide bonds. The minimum Gasteiger partial charge on any atom is -0.463 e. The molecule has 2 aromatic heterocycles. The molecule has 8 heterocycles. The number of piperidine rings is 1. The zero-order valence-electron chi connectivity index (χ0n) is 54.7. The van der Waals surface area contributed by atoms with Crippen LogP contribution in [0.2, 0.25) is 0 Å².